The largest absolute Gasteiger partial charge is 0.506 e. The Bertz CT molecular complexity index is 367. The molecule has 1 atom stereocenters. The quantitative estimate of drug-likeness (QED) is 0.835. The fraction of sp³-hybridized carbons (Fsp3) is 0.400. The Labute approximate surface area is 102 Å². The van der Waals surface area contributed by atoms with Crippen LogP contribution in [0.15, 0.2) is 16.6 Å². The minimum atomic E-state index is 0.00810. The minimum absolute atomic E-state index is 0.00810. The molecule has 1 heterocycles. The van der Waals surface area contributed by atoms with Crippen molar-refractivity contribution in [3.8, 4) is 5.75 Å². The molecular formula is C10H11BrClNO2. The first kappa shape index (κ1) is 11.2. The monoisotopic (exact) mass is 291 g/mol. The number of benzene rings is 1. The molecule has 0 unspecified atom stereocenters. The van der Waals surface area contributed by atoms with Gasteiger partial charge in [0.2, 0.25) is 0 Å². The van der Waals surface area contributed by atoms with Crippen molar-refractivity contribution in [2.24, 2.45) is 0 Å². The molecule has 3 nitrogen and oxygen atoms in total. The van der Waals surface area contributed by atoms with E-state index in [1.54, 1.807) is 6.07 Å². The summed E-state index contributed by atoms with van der Waals surface area (Å²) in [6.07, 6.45) is 0. The predicted octanol–water partition coefficient (Wildman–Crippen LogP) is 2.47. The number of morpholine rings is 1. The lowest BCUT2D eigenvalue weighted by atomic mass is 10.1. The van der Waals surface area contributed by atoms with Crippen LogP contribution in [0.1, 0.15) is 11.6 Å². The van der Waals surface area contributed by atoms with E-state index in [1.807, 2.05) is 6.07 Å². The van der Waals surface area contributed by atoms with E-state index in [0.29, 0.717) is 18.2 Å². The molecule has 0 aliphatic carbocycles. The second-order valence-corrected chi connectivity index (χ2v) is 4.73. The van der Waals surface area contributed by atoms with Gasteiger partial charge in [0, 0.05) is 16.6 Å². The van der Waals surface area contributed by atoms with Crippen molar-refractivity contribution in [2.45, 2.75) is 6.04 Å². The van der Waals surface area contributed by atoms with Gasteiger partial charge in [0.25, 0.3) is 0 Å². The highest BCUT2D eigenvalue weighted by atomic mass is 79.9. The van der Waals surface area contributed by atoms with Crippen LogP contribution in [0.2, 0.25) is 5.02 Å². The molecule has 1 aromatic rings. The number of aromatic hydroxyl groups is 1. The Morgan fingerprint density at radius 2 is 2.33 bits per heavy atom. The molecule has 2 N–H and O–H groups in total. The van der Waals surface area contributed by atoms with Crippen molar-refractivity contribution < 1.29 is 9.84 Å². The number of halogens is 2. The Hall–Kier alpha value is -0.290. The topological polar surface area (TPSA) is 41.5 Å². The lowest BCUT2D eigenvalue weighted by Crippen LogP contribution is -2.34. The number of hydrogen-bond acceptors (Lipinski definition) is 3. The SMILES string of the molecule is Oc1c(Cl)cc(Br)cc1[C@@H]1COCCN1. The van der Waals surface area contributed by atoms with Crippen molar-refractivity contribution >= 4 is 27.5 Å². The molecular weight excluding hydrogens is 281 g/mol. The van der Waals surface area contributed by atoms with Gasteiger partial charge < -0.3 is 15.2 Å². The van der Waals surface area contributed by atoms with Gasteiger partial charge in [0.05, 0.1) is 24.3 Å². The van der Waals surface area contributed by atoms with Crippen molar-refractivity contribution in [3.05, 3.63) is 27.2 Å². The van der Waals surface area contributed by atoms with Crippen LogP contribution in [0.25, 0.3) is 0 Å². The van der Waals surface area contributed by atoms with E-state index in [2.05, 4.69) is 21.2 Å². The molecule has 0 radical (unpaired) electrons. The van der Waals surface area contributed by atoms with E-state index in [0.717, 1.165) is 16.6 Å². The Kier molecular flexibility index (Phi) is 3.51. The number of hydrogen-bond donors (Lipinski definition) is 2. The fourth-order valence-electron chi connectivity index (χ4n) is 1.62. The summed E-state index contributed by atoms with van der Waals surface area (Å²) >= 11 is 9.24. The first-order valence-corrected chi connectivity index (χ1v) is 5.84. The first-order valence-electron chi connectivity index (χ1n) is 4.67. The molecule has 82 valence electrons. The molecule has 2 rings (SSSR count). The third kappa shape index (κ3) is 2.45. The van der Waals surface area contributed by atoms with E-state index in [4.69, 9.17) is 16.3 Å². The lowest BCUT2D eigenvalue weighted by molar-refractivity contribution is 0.0761. The van der Waals surface area contributed by atoms with Crippen LogP contribution in [0, 0.1) is 0 Å². The molecule has 0 bridgehead atoms. The Morgan fingerprint density at radius 3 is 3.00 bits per heavy atom. The molecule has 15 heavy (non-hydrogen) atoms. The highest BCUT2D eigenvalue weighted by Crippen LogP contribution is 2.35. The Balaban J connectivity index is 2.33. The molecule has 0 spiro atoms. The van der Waals surface area contributed by atoms with Gasteiger partial charge in [-0.3, -0.25) is 0 Å². The second kappa shape index (κ2) is 4.70. The van der Waals surface area contributed by atoms with Gasteiger partial charge in [0.15, 0.2) is 0 Å². The molecule has 0 saturated carbocycles. The zero-order valence-electron chi connectivity index (χ0n) is 7.96. The van der Waals surface area contributed by atoms with Gasteiger partial charge in [-0.2, -0.15) is 0 Å². The molecule has 0 aromatic heterocycles. The highest BCUT2D eigenvalue weighted by Gasteiger charge is 2.20. The number of phenolic OH excluding ortho intramolecular Hbond substituents is 1. The zero-order chi connectivity index (χ0) is 10.8. The molecule has 1 aliphatic rings. The summed E-state index contributed by atoms with van der Waals surface area (Å²) in [5, 5.41) is 13.4. The third-order valence-electron chi connectivity index (χ3n) is 2.35. The van der Waals surface area contributed by atoms with Crippen LogP contribution in [0.5, 0.6) is 5.75 Å². The summed E-state index contributed by atoms with van der Waals surface area (Å²) < 4.78 is 6.19. The molecule has 1 aromatic carbocycles. The zero-order valence-corrected chi connectivity index (χ0v) is 10.3. The minimum Gasteiger partial charge on any atom is -0.506 e. The molecule has 0 amide bonds. The normalized spacial score (nSPS) is 21.6. The van der Waals surface area contributed by atoms with Crippen LogP contribution in [0.3, 0.4) is 0 Å². The highest BCUT2D eigenvalue weighted by molar-refractivity contribution is 9.10. The standard InChI is InChI=1S/C10H11BrClNO2/c11-6-3-7(10(14)8(12)4-6)9-5-15-2-1-13-9/h3-4,9,13-14H,1-2,5H2/t9-/m0/s1. The molecule has 1 aliphatic heterocycles. The average Bonchev–Trinajstić information content (AvgIpc) is 2.24. The lowest BCUT2D eigenvalue weighted by Gasteiger charge is -2.25. The molecule has 1 fully saturated rings. The summed E-state index contributed by atoms with van der Waals surface area (Å²) in [5.41, 5.74) is 0.772. The second-order valence-electron chi connectivity index (χ2n) is 3.41. The summed E-state index contributed by atoms with van der Waals surface area (Å²) in [7, 11) is 0. The number of rotatable bonds is 1. The van der Waals surface area contributed by atoms with Gasteiger partial charge in [-0.05, 0) is 12.1 Å². The summed E-state index contributed by atoms with van der Waals surface area (Å²) in [6.45, 7) is 2.05. The van der Waals surface area contributed by atoms with Gasteiger partial charge in [-0.1, -0.05) is 27.5 Å². The van der Waals surface area contributed by atoms with Crippen LogP contribution in [-0.4, -0.2) is 24.9 Å². The van der Waals surface area contributed by atoms with E-state index in [1.165, 1.54) is 0 Å². The van der Waals surface area contributed by atoms with Crippen LogP contribution < -0.4 is 5.32 Å². The van der Waals surface area contributed by atoms with E-state index in [-0.39, 0.29) is 11.8 Å². The smallest absolute Gasteiger partial charge is 0.139 e. The van der Waals surface area contributed by atoms with Crippen molar-refractivity contribution in [2.75, 3.05) is 19.8 Å². The summed E-state index contributed by atoms with van der Waals surface area (Å²) in [6, 6.07) is 3.53. The summed E-state index contributed by atoms with van der Waals surface area (Å²) in [5.74, 6) is 0.128. The van der Waals surface area contributed by atoms with Crippen LogP contribution in [-0.2, 0) is 4.74 Å². The van der Waals surface area contributed by atoms with Crippen molar-refractivity contribution in [1.29, 1.82) is 0 Å². The number of phenols is 1. The van der Waals surface area contributed by atoms with E-state index >= 15 is 0 Å². The van der Waals surface area contributed by atoms with Crippen LogP contribution in [0.4, 0.5) is 0 Å². The summed E-state index contributed by atoms with van der Waals surface area (Å²) in [4.78, 5) is 0. The van der Waals surface area contributed by atoms with Gasteiger partial charge >= 0.3 is 0 Å². The van der Waals surface area contributed by atoms with Crippen molar-refractivity contribution in [3.63, 3.8) is 0 Å². The van der Waals surface area contributed by atoms with Crippen LogP contribution >= 0.6 is 27.5 Å². The van der Waals surface area contributed by atoms with E-state index < -0.39 is 0 Å². The fourth-order valence-corrected chi connectivity index (χ4v) is 2.45. The molecule has 1 saturated heterocycles. The number of nitrogens with one attached hydrogen (secondary N) is 1. The maximum atomic E-state index is 9.83. The third-order valence-corrected chi connectivity index (χ3v) is 3.10. The van der Waals surface area contributed by atoms with Gasteiger partial charge in [-0.25, -0.2) is 0 Å². The maximum Gasteiger partial charge on any atom is 0.139 e. The predicted molar refractivity (Wildman–Crippen MR) is 62.4 cm³/mol. The Morgan fingerprint density at radius 1 is 1.53 bits per heavy atom. The average molecular weight is 293 g/mol. The van der Waals surface area contributed by atoms with Gasteiger partial charge in [-0.15, -0.1) is 0 Å². The maximum absolute atomic E-state index is 9.83. The van der Waals surface area contributed by atoms with Gasteiger partial charge in [0.1, 0.15) is 5.75 Å². The first-order chi connectivity index (χ1) is 7.18. The number of ether oxygens (including phenoxy) is 1. The van der Waals surface area contributed by atoms with E-state index in [9.17, 15) is 5.11 Å². The molecule has 5 heteroatoms. The van der Waals surface area contributed by atoms with Crippen molar-refractivity contribution in [1.82, 2.24) is 5.32 Å².